The third kappa shape index (κ3) is 4.08. The fraction of sp³-hybridized carbons (Fsp3) is 0.909. The molecule has 1 heterocycles. The van der Waals surface area contributed by atoms with E-state index in [1.807, 2.05) is 0 Å². The first-order chi connectivity index (χ1) is 7.67. The highest BCUT2D eigenvalue weighted by atomic mass is 16.5. The van der Waals surface area contributed by atoms with Gasteiger partial charge in [0.25, 0.3) is 0 Å². The number of carbonyl (C=O) groups excluding carboxylic acids is 1. The van der Waals surface area contributed by atoms with Gasteiger partial charge in [-0.15, -0.1) is 0 Å². The van der Waals surface area contributed by atoms with Crippen molar-refractivity contribution in [2.24, 2.45) is 17.4 Å². The highest BCUT2D eigenvalue weighted by Gasteiger charge is 2.25. The lowest BCUT2D eigenvalue weighted by Crippen LogP contribution is -2.48. The summed E-state index contributed by atoms with van der Waals surface area (Å²) >= 11 is 0. The van der Waals surface area contributed by atoms with Gasteiger partial charge < -0.3 is 16.2 Å². The summed E-state index contributed by atoms with van der Waals surface area (Å²) in [7, 11) is 1.72. The lowest BCUT2D eigenvalue weighted by molar-refractivity contribution is -0.119. The zero-order chi connectivity index (χ0) is 12.0. The van der Waals surface area contributed by atoms with E-state index in [1.165, 1.54) is 6.42 Å². The Morgan fingerprint density at radius 3 is 2.94 bits per heavy atom. The summed E-state index contributed by atoms with van der Waals surface area (Å²) in [5.41, 5.74) is 10.9. The Kier molecular flexibility index (Phi) is 5.73. The van der Waals surface area contributed by atoms with Crippen molar-refractivity contribution >= 4 is 5.91 Å². The van der Waals surface area contributed by atoms with E-state index in [2.05, 4.69) is 4.90 Å². The predicted octanol–water partition coefficient (Wildman–Crippen LogP) is -0.452. The van der Waals surface area contributed by atoms with Crippen LogP contribution in [-0.2, 0) is 9.53 Å². The molecule has 1 aliphatic heterocycles. The fourth-order valence-electron chi connectivity index (χ4n) is 2.39. The number of ether oxygens (including phenoxy) is 1. The van der Waals surface area contributed by atoms with Crippen molar-refractivity contribution in [3.05, 3.63) is 0 Å². The predicted molar refractivity (Wildman–Crippen MR) is 62.8 cm³/mol. The van der Waals surface area contributed by atoms with Crippen LogP contribution in [-0.4, -0.2) is 50.2 Å². The number of nitrogens with two attached hydrogens (primary N) is 2. The fourth-order valence-corrected chi connectivity index (χ4v) is 2.39. The summed E-state index contributed by atoms with van der Waals surface area (Å²) in [5.74, 6) is 0.282. The maximum absolute atomic E-state index is 10.9. The number of hydrogen-bond acceptors (Lipinski definition) is 4. The highest BCUT2D eigenvalue weighted by Crippen LogP contribution is 2.19. The molecule has 0 saturated carbocycles. The van der Waals surface area contributed by atoms with Crippen LogP contribution in [0.4, 0.5) is 0 Å². The van der Waals surface area contributed by atoms with Gasteiger partial charge in [-0.3, -0.25) is 9.69 Å². The molecular formula is C11H23N3O2. The van der Waals surface area contributed by atoms with Crippen molar-refractivity contribution in [2.75, 3.05) is 33.4 Å². The van der Waals surface area contributed by atoms with Crippen LogP contribution in [0.3, 0.4) is 0 Å². The summed E-state index contributed by atoms with van der Waals surface area (Å²) in [6, 6.07) is 0.0946. The topological polar surface area (TPSA) is 81.6 Å². The van der Waals surface area contributed by atoms with Gasteiger partial charge in [0.15, 0.2) is 0 Å². The molecule has 2 unspecified atom stereocenters. The van der Waals surface area contributed by atoms with Gasteiger partial charge in [-0.25, -0.2) is 0 Å². The van der Waals surface area contributed by atoms with Crippen LogP contribution in [0.1, 0.15) is 19.3 Å². The third-order valence-electron chi connectivity index (χ3n) is 3.18. The minimum atomic E-state index is -0.274. The molecule has 0 aliphatic carbocycles. The van der Waals surface area contributed by atoms with Crippen molar-refractivity contribution in [2.45, 2.75) is 25.3 Å². The number of rotatable bonds is 6. The largest absolute Gasteiger partial charge is 0.384 e. The molecule has 16 heavy (non-hydrogen) atoms. The molecule has 0 aromatic heterocycles. The second-order valence-corrected chi connectivity index (χ2v) is 4.52. The van der Waals surface area contributed by atoms with Crippen LogP contribution in [0.2, 0.25) is 0 Å². The molecule has 0 aromatic rings. The molecule has 1 rings (SSSR count). The molecule has 1 aliphatic rings. The molecule has 4 N–H and O–H groups in total. The van der Waals surface area contributed by atoms with Gasteiger partial charge >= 0.3 is 0 Å². The van der Waals surface area contributed by atoms with E-state index in [0.29, 0.717) is 18.9 Å². The average Bonchev–Trinajstić information content (AvgIpc) is 2.26. The SMILES string of the molecule is COCC1CCCN(C(CN)CC(N)=O)C1. The number of primary amides is 1. The Morgan fingerprint density at radius 1 is 1.62 bits per heavy atom. The van der Waals surface area contributed by atoms with Crippen LogP contribution >= 0.6 is 0 Å². The van der Waals surface area contributed by atoms with Crippen molar-refractivity contribution in [1.29, 1.82) is 0 Å². The molecule has 0 spiro atoms. The molecule has 1 fully saturated rings. The number of hydrogen-bond donors (Lipinski definition) is 2. The zero-order valence-corrected chi connectivity index (χ0v) is 10.0. The lowest BCUT2D eigenvalue weighted by Gasteiger charge is -2.37. The molecule has 1 amide bonds. The van der Waals surface area contributed by atoms with Gasteiger partial charge in [-0.1, -0.05) is 0 Å². The van der Waals surface area contributed by atoms with E-state index >= 15 is 0 Å². The van der Waals surface area contributed by atoms with Crippen LogP contribution in [0, 0.1) is 5.92 Å². The van der Waals surface area contributed by atoms with Crippen molar-refractivity contribution < 1.29 is 9.53 Å². The Balaban J connectivity index is 2.46. The first-order valence-electron chi connectivity index (χ1n) is 5.88. The highest BCUT2D eigenvalue weighted by molar-refractivity contribution is 5.74. The lowest BCUT2D eigenvalue weighted by atomic mass is 9.96. The molecule has 94 valence electrons. The van der Waals surface area contributed by atoms with Crippen molar-refractivity contribution in [3.63, 3.8) is 0 Å². The second-order valence-electron chi connectivity index (χ2n) is 4.52. The van der Waals surface area contributed by atoms with Crippen molar-refractivity contribution in [3.8, 4) is 0 Å². The summed E-state index contributed by atoms with van der Waals surface area (Å²) < 4.78 is 5.17. The maximum atomic E-state index is 10.9. The molecule has 0 aromatic carbocycles. The molecule has 1 saturated heterocycles. The summed E-state index contributed by atoms with van der Waals surface area (Å²) in [6.45, 7) is 3.24. The smallest absolute Gasteiger partial charge is 0.219 e. The maximum Gasteiger partial charge on any atom is 0.219 e. The van der Waals surface area contributed by atoms with Crippen LogP contribution in [0.15, 0.2) is 0 Å². The van der Waals surface area contributed by atoms with Crippen molar-refractivity contribution in [1.82, 2.24) is 4.90 Å². The molecule has 0 bridgehead atoms. The van der Waals surface area contributed by atoms with E-state index in [4.69, 9.17) is 16.2 Å². The van der Waals surface area contributed by atoms with Gasteiger partial charge in [-0.2, -0.15) is 0 Å². The zero-order valence-electron chi connectivity index (χ0n) is 10.0. The van der Waals surface area contributed by atoms with Gasteiger partial charge in [0.1, 0.15) is 0 Å². The number of methoxy groups -OCH3 is 1. The van der Waals surface area contributed by atoms with Gasteiger partial charge in [0.2, 0.25) is 5.91 Å². The molecule has 5 heteroatoms. The summed E-state index contributed by atoms with van der Waals surface area (Å²) in [4.78, 5) is 13.2. The van der Waals surface area contributed by atoms with E-state index in [1.54, 1.807) is 7.11 Å². The first-order valence-corrected chi connectivity index (χ1v) is 5.88. The Morgan fingerprint density at radius 2 is 2.38 bits per heavy atom. The van der Waals surface area contributed by atoms with Gasteiger partial charge in [0.05, 0.1) is 6.61 Å². The van der Waals surface area contributed by atoms with Crippen LogP contribution in [0.5, 0.6) is 0 Å². The Labute approximate surface area is 97.1 Å². The van der Waals surface area contributed by atoms with Gasteiger partial charge in [0, 0.05) is 32.7 Å². The number of amides is 1. The molecule has 0 radical (unpaired) electrons. The molecule has 2 atom stereocenters. The average molecular weight is 229 g/mol. The minimum absolute atomic E-state index is 0.0946. The Hall–Kier alpha value is -0.650. The third-order valence-corrected chi connectivity index (χ3v) is 3.18. The van der Waals surface area contributed by atoms with E-state index < -0.39 is 0 Å². The number of carbonyl (C=O) groups is 1. The first kappa shape index (κ1) is 13.4. The number of nitrogens with zero attached hydrogens (tertiary/aromatic N) is 1. The van der Waals surface area contributed by atoms with Crippen LogP contribution < -0.4 is 11.5 Å². The quantitative estimate of drug-likeness (QED) is 0.646. The van der Waals surface area contributed by atoms with E-state index in [0.717, 1.165) is 26.1 Å². The van der Waals surface area contributed by atoms with E-state index in [9.17, 15) is 4.79 Å². The molecule has 5 nitrogen and oxygen atoms in total. The number of likely N-dealkylation sites (tertiary alicyclic amines) is 1. The standard InChI is InChI=1S/C11H23N3O2/c1-16-8-9-3-2-4-14(7-9)10(6-12)5-11(13)15/h9-10H,2-8,12H2,1H3,(H2,13,15). The summed E-state index contributed by atoms with van der Waals surface area (Å²) in [6.07, 6.45) is 2.69. The Bertz CT molecular complexity index is 221. The monoisotopic (exact) mass is 229 g/mol. The minimum Gasteiger partial charge on any atom is -0.384 e. The molecular weight excluding hydrogens is 206 g/mol. The normalized spacial score (nSPS) is 24.2. The van der Waals surface area contributed by atoms with Crippen LogP contribution in [0.25, 0.3) is 0 Å². The van der Waals surface area contributed by atoms with Gasteiger partial charge in [-0.05, 0) is 25.3 Å². The number of piperidine rings is 1. The van der Waals surface area contributed by atoms with E-state index in [-0.39, 0.29) is 11.9 Å². The summed E-state index contributed by atoms with van der Waals surface area (Å²) in [5, 5.41) is 0. The second kappa shape index (κ2) is 6.83.